The Morgan fingerprint density at radius 2 is 0.770 bits per heavy atom. The first-order chi connectivity index (χ1) is 28.4. The highest BCUT2D eigenvalue weighted by Crippen LogP contribution is 2.42. The average molecular weight is 753 g/mol. The smallest absolute Gasteiger partial charge is 0.0594 e. The summed E-state index contributed by atoms with van der Waals surface area (Å²) in [4.78, 5) is 0. The van der Waals surface area contributed by atoms with Crippen LogP contribution < -0.4 is 11.5 Å². The van der Waals surface area contributed by atoms with Crippen molar-refractivity contribution in [3.8, 4) is 0 Å². The molecule has 2 aromatic rings. The van der Waals surface area contributed by atoms with Gasteiger partial charge in [-0.15, -0.1) is 0 Å². The lowest BCUT2D eigenvalue weighted by molar-refractivity contribution is 0.442. The molecule has 0 amide bonds. The van der Waals surface area contributed by atoms with Crippen LogP contribution in [-0.4, -0.2) is 283 Å². The largest absolute Gasteiger partial charge is 0.399 e. The highest BCUT2D eigenvalue weighted by atomic mass is 14.6. The number of hydrogen-bond donors (Lipinski definition) is 2. The van der Waals surface area contributed by atoms with Gasteiger partial charge in [0, 0.05) is 140 Å². The van der Waals surface area contributed by atoms with E-state index in [-0.39, 0.29) is 0 Å². The summed E-state index contributed by atoms with van der Waals surface area (Å²) >= 11 is 0. The zero-order valence-electron chi connectivity index (χ0n) is 44.1. The van der Waals surface area contributed by atoms with Gasteiger partial charge in [-0.05, 0) is 60.1 Å². The molecule has 0 heterocycles. The Morgan fingerprint density at radius 3 is 1.11 bits per heavy atom. The van der Waals surface area contributed by atoms with Gasteiger partial charge in [0.2, 0.25) is 0 Å². The Hall–Kier alpha value is 0.637. The summed E-state index contributed by atoms with van der Waals surface area (Å²) in [6.07, 6.45) is 18.3. The van der Waals surface area contributed by atoms with Crippen LogP contribution >= 0.6 is 0 Å². The third-order valence-corrected chi connectivity index (χ3v) is 17.0. The molecule has 0 bridgehead atoms. The van der Waals surface area contributed by atoms with E-state index < -0.39 is 0 Å². The molecular formula is C19H64B40N2. The minimum Gasteiger partial charge on any atom is -0.399 e. The zero-order chi connectivity index (χ0) is 46.2. The molecule has 1 saturated carbocycles. The second-order valence-corrected chi connectivity index (χ2v) is 24.3. The first-order valence-corrected chi connectivity index (χ1v) is 26.2. The van der Waals surface area contributed by atoms with Crippen molar-refractivity contribution >= 4 is 295 Å². The molecule has 0 spiro atoms. The third-order valence-electron chi connectivity index (χ3n) is 17.0. The van der Waals surface area contributed by atoms with E-state index in [1.807, 2.05) is 6.07 Å². The van der Waals surface area contributed by atoms with Crippen molar-refractivity contribution < 1.29 is 0 Å². The van der Waals surface area contributed by atoms with Gasteiger partial charge in [-0.25, -0.2) is 0 Å². The van der Waals surface area contributed by atoms with Crippen molar-refractivity contribution in [3.63, 3.8) is 0 Å². The Kier molecular flexibility index (Phi) is 23.6. The molecule has 1 aliphatic rings. The minimum absolute atomic E-state index is 0.632. The quantitative estimate of drug-likeness (QED) is 0.0877. The van der Waals surface area contributed by atoms with Crippen molar-refractivity contribution in [2.24, 2.45) is 0 Å². The molecule has 0 aromatic heterocycles. The average Bonchev–Trinajstić information content (AvgIpc) is 3.13. The molecule has 4 N–H and O–H groups in total. The van der Waals surface area contributed by atoms with Crippen LogP contribution in [0.25, 0.3) is 0 Å². The fourth-order valence-corrected chi connectivity index (χ4v) is 15.4. The van der Waals surface area contributed by atoms with Crippen LogP contribution in [0.5, 0.6) is 0 Å². The second-order valence-electron chi connectivity index (χ2n) is 24.3. The normalized spacial score (nSPS) is 14.2. The van der Waals surface area contributed by atoms with Gasteiger partial charge >= 0.3 is 0 Å². The lowest BCUT2D eigenvalue weighted by Crippen LogP contribution is -2.91. The van der Waals surface area contributed by atoms with Gasteiger partial charge in [0.05, 0.1) is 155 Å². The van der Waals surface area contributed by atoms with Crippen LogP contribution in [0.15, 0.2) is 42.5 Å². The molecule has 61 heavy (non-hydrogen) atoms. The van der Waals surface area contributed by atoms with Gasteiger partial charge in [-0.2, -0.15) is 0 Å². The molecule has 0 atom stereocenters. The number of hydrogen-bond acceptors (Lipinski definition) is 2. The number of benzene rings is 2. The van der Waals surface area contributed by atoms with Crippen molar-refractivity contribution in [1.82, 2.24) is 0 Å². The SMILES string of the molecule is BBB(B)B(B(B)B)B(B(B(B(B)B)B(B)B)B(B(B)B)B(B)B)B(B(B(B(B)B)B(B)B)B(B(B)B)B(B)B)C1CCC(c2ccc(Cc3cc(N)cc(N)c3)cc2)CC1. The maximum Gasteiger partial charge on any atom is 0.0594 e. The highest BCUT2D eigenvalue weighted by molar-refractivity contribution is 8.29. The van der Waals surface area contributed by atoms with Gasteiger partial charge in [0.15, 0.2) is 0 Å². The molecule has 0 unspecified atom stereocenters. The molecule has 2 nitrogen and oxygen atoms in total. The second kappa shape index (κ2) is 25.7. The number of nitrogen functional groups attached to an aromatic ring is 2. The summed E-state index contributed by atoms with van der Waals surface area (Å²) in [7, 11) is 53.4. The predicted molar refractivity (Wildman–Crippen MR) is 377 cm³/mol. The van der Waals surface area contributed by atoms with Gasteiger partial charge in [-0.3, -0.25) is 0 Å². The van der Waals surface area contributed by atoms with E-state index in [0.717, 1.165) is 23.6 Å². The first kappa shape index (κ1) is 56.0. The molecule has 0 aliphatic heterocycles. The standard InChI is InChI=1S/C19H64B40N2/c20-40-51(39)58(50(37)38)53(59(56(46(29)30)47(31)32)57(48(33)34)49(35)36)41(52(54(42(21)22)43(23)24)55(44(25)26)45(27)28)17-7-5-16(6-8-17)15-3-1-13(2-4-15)9-14-10-18(60)12-19(61)11-14/h1-4,10-12,16-17,40H,5-9,20-39,60-61H2. The summed E-state index contributed by atoms with van der Waals surface area (Å²) in [5.74, 6) is 1.37. The van der Waals surface area contributed by atoms with Crippen LogP contribution in [0.3, 0.4) is 0 Å². The van der Waals surface area contributed by atoms with E-state index in [2.05, 4.69) is 191 Å². The molecule has 0 saturated heterocycles. The maximum atomic E-state index is 6.17. The number of rotatable bonds is 23. The van der Waals surface area contributed by atoms with Crippen LogP contribution in [0, 0.1) is 0 Å². The van der Waals surface area contributed by atoms with E-state index in [1.54, 1.807) is 5.56 Å². The van der Waals surface area contributed by atoms with E-state index in [9.17, 15) is 0 Å². The van der Waals surface area contributed by atoms with E-state index in [4.69, 9.17) is 11.5 Å². The topological polar surface area (TPSA) is 52.0 Å². The summed E-state index contributed by atoms with van der Waals surface area (Å²) < 4.78 is 0. The van der Waals surface area contributed by atoms with Gasteiger partial charge < -0.3 is 11.5 Å². The Morgan fingerprint density at radius 1 is 0.426 bits per heavy atom. The molecule has 1 fully saturated rings. The van der Waals surface area contributed by atoms with Gasteiger partial charge in [0.1, 0.15) is 0 Å². The summed E-state index contributed by atoms with van der Waals surface area (Å²) in [6, 6.07) is 15.7. The van der Waals surface area contributed by atoms with E-state index >= 15 is 0 Å². The van der Waals surface area contributed by atoms with E-state index in [0.29, 0.717) is 127 Å². The fourth-order valence-electron chi connectivity index (χ4n) is 15.4. The molecule has 1 aliphatic carbocycles. The molecule has 3 rings (SSSR count). The number of nitrogens with two attached hydrogens (primary N) is 2. The van der Waals surface area contributed by atoms with Crippen molar-refractivity contribution in [3.05, 3.63) is 59.2 Å². The zero-order valence-corrected chi connectivity index (χ0v) is 44.1. The molecule has 42 heteroatoms. The van der Waals surface area contributed by atoms with E-state index in [1.165, 1.54) is 43.9 Å². The Labute approximate surface area is 406 Å². The Bertz CT molecular complexity index is 1480. The van der Waals surface area contributed by atoms with Crippen LogP contribution in [0.1, 0.15) is 48.3 Å². The van der Waals surface area contributed by atoms with Crippen molar-refractivity contribution in [2.45, 2.75) is 43.8 Å². The molecular weight excluding hydrogens is 689 g/mol. The van der Waals surface area contributed by atoms with Crippen molar-refractivity contribution in [1.29, 1.82) is 0 Å². The molecule has 270 valence electrons. The van der Waals surface area contributed by atoms with Gasteiger partial charge in [0.25, 0.3) is 0 Å². The van der Waals surface area contributed by atoms with Crippen LogP contribution in [0.2, 0.25) is 5.82 Å². The predicted octanol–water partition coefficient (Wildman–Crippen LogP) is -21.8. The number of anilines is 2. The van der Waals surface area contributed by atoms with Crippen LogP contribution in [0.4, 0.5) is 11.4 Å². The monoisotopic (exact) mass is 761 g/mol. The fraction of sp³-hybridized carbons (Fsp3) is 0.368. The summed E-state index contributed by atoms with van der Waals surface area (Å²) in [6.45, 7) is 0.699. The van der Waals surface area contributed by atoms with Crippen molar-refractivity contribution in [2.75, 3.05) is 11.5 Å². The summed E-state index contributed by atoms with van der Waals surface area (Å²) in [5, 5.41) is 0. The lowest BCUT2D eigenvalue weighted by atomic mass is 8.30. The Balaban J connectivity index is 2.37. The minimum atomic E-state index is 0.632. The highest BCUT2D eigenvalue weighted by Gasteiger charge is 2.59. The molecule has 2 aromatic carbocycles. The molecule has 0 radical (unpaired) electrons. The third kappa shape index (κ3) is 14.8. The maximum absolute atomic E-state index is 6.17. The van der Waals surface area contributed by atoms with Gasteiger partial charge in [-0.1, -0.05) is 42.9 Å². The first-order valence-electron chi connectivity index (χ1n) is 26.2. The van der Waals surface area contributed by atoms with Crippen LogP contribution in [-0.2, 0) is 6.42 Å². The lowest BCUT2D eigenvalue weighted by Gasteiger charge is -2.55. The summed E-state index contributed by atoms with van der Waals surface area (Å²) in [5.41, 5.74) is 17.9.